The van der Waals surface area contributed by atoms with Crippen LogP contribution < -0.4 is 0 Å². The lowest BCUT2D eigenvalue weighted by molar-refractivity contribution is 0.333. The SMILES string of the molecule is CC(C)C(C)(C)c1cc(O)c(C(C)(C)C(C)C)cc1O. The Morgan fingerprint density at radius 2 is 0.950 bits per heavy atom. The van der Waals surface area contributed by atoms with E-state index in [-0.39, 0.29) is 22.3 Å². The van der Waals surface area contributed by atoms with Crippen molar-refractivity contribution in [1.82, 2.24) is 0 Å². The molecule has 0 bridgehead atoms. The third-order valence-electron chi connectivity index (χ3n) is 5.39. The summed E-state index contributed by atoms with van der Waals surface area (Å²) in [7, 11) is 0. The maximum Gasteiger partial charge on any atom is 0.119 e. The summed E-state index contributed by atoms with van der Waals surface area (Å²) < 4.78 is 0. The maximum atomic E-state index is 10.4. The Morgan fingerprint density at radius 1 is 0.700 bits per heavy atom. The van der Waals surface area contributed by atoms with Crippen molar-refractivity contribution in [2.45, 2.75) is 66.2 Å². The molecule has 20 heavy (non-hydrogen) atoms. The number of rotatable bonds is 4. The molecular formula is C18H30O2. The van der Waals surface area contributed by atoms with Gasteiger partial charge in [-0.05, 0) is 34.8 Å². The first-order chi connectivity index (χ1) is 8.92. The summed E-state index contributed by atoms with van der Waals surface area (Å²) in [6.07, 6.45) is 0. The Morgan fingerprint density at radius 3 is 1.15 bits per heavy atom. The highest BCUT2D eigenvalue weighted by molar-refractivity contribution is 5.51. The zero-order valence-corrected chi connectivity index (χ0v) is 14.2. The minimum atomic E-state index is -0.179. The van der Waals surface area contributed by atoms with E-state index in [0.29, 0.717) is 11.8 Å². The Labute approximate surface area is 123 Å². The number of phenolic OH excluding ortho intramolecular Hbond substituents is 2. The van der Waals surface area contributed by atoms with E-state index in [4.69, 9.17) is 0 Å². The van der Waals surface area contributed by atoms with Crippen molar-refractivity contribution in [1.29, 1.82) is 0 Å². The molecule has 0 heterocycles. The lowest BCUT2D eigenvalue weighted by Crippen LogP contribution is -2.27. The molecule has 1 rings (SSSR count). The van der Waals surface area contributed by atoms with Crippen molar-refractivity contribution >= 4 is 0 Å². The van der Waals surface area contributed by atoms with E-state index in [9.17, 15) is 10.2 Å². The largest absolute Gasteiger partial charge is 0.508 e. The van der Waals surface area contributed by atoms with E-state index < -0.39 is 0 Å². The lowest BCUT2D eigenvalue weighted by Gasteiger charge is -2.34. The molecule has 0 radical (unpaired) electrons. The Hall–Kier alpha value is -1.18. The van der Waals surface area contributed by atoms with Crippen molar-refractivity contribution in [3.8, 4) is 11.5 Å². The number of hydrogen-bond donors (Lipinski definition) is 2. The van der Waals surface area contributed by atoms with Crippen molar-refractivity contribution in [3.05, 3.63) is 23.3 Å². The molecule has 1 aromatic rings. The van der Waals surface area contributed by atoms with Crippen molar-refractivity contribution in [3.63, 3.8) is 0 Å². The molecule has 2 heteroatoms. The van der Waals surface area contributed by atoms with Crippen LogP contribution in [-0.4, -0.2) is 10.2 Å². The first-order valence-electron chi connectivity index (χ1n) is 7.49. The van der Waals surface area contributed by atoms with Crippen LogP contribution >= 0.6 is 0 Å². The minimum Gasteiger partial charge on any atom is -0.508 e. The van der Waals surface area contributed by atoms with E-state index in [2.05, 4.69) is 55.4 Å². The van der Waals surface area contributed by atoms with Crippen LogP contribution in [-0.2, 0) is 10.8 Å². The second-order valence-electron chi connectivity index (χ2n) is 7.64. The molecule has 2 N–H and O–H groups in total. The van der Waals surface area contributed by atoms with Gasteiger partial charge in [-0.25, -0.2) is 0 Å². The third kappa shape index (κ3) is 2.79. The van der Waals surface area contributed by atoms with Gasteiger partial charge in [-0.3, -0.25) is 0 Å². The molecule has 0 saturated heterocycles. The molecule has 0 aliphatic carbocycles. The van der Waals surface area contributed by atoms with Gasteiger partial charge in [0.15, 0.2) is 0 Å². The van der Waals surface area contributed by atoms with Gasteiger partial charge in [-0.2, -0.15) is 0 Å². The molecule has 0 aliphatic rings. The quantitative estimate of drug-likeness (QED) is 0.764. The van der Waals surface area contributed by atoms with E-state index in [1.165, 1.54) is 0 Å². The summed E-state index contributed by atoms with van der Waals surface area (Å²) in [5.41, 5.74) is 1.27. The summed E-state index contributed by atoms with van der Waals surface area (Å²) in [5.74, 6) is 1.31. The first kappa shape index (κ1) is 16.9. The molecule has 0 spiro atoms. The zero-order valence-electron chi connectivity index (χ0n) is 14.2. The molecule has 0 atom stereocenters. The molecule has 0 unspecified atom stereocenters. The fourth-order valence-corrected chi connectivity index (χ4v) is 2.23. The first-order valence-corrected chi connectivity index (χ1v) is 7.49. The Balaban J connectivity index is 3.44. The average molecular weight is 278 g/mol. The smallest absolute Gasteiger partial charge is 0.119 e. The number of benzene rings is 1. The lowest BCUT2D eigenvalue weighted by atomic mass is 9.71. The van der Waals surface area contributed by atoms with E-state index in [0.717, 1.165) is 11.1 Å². The highest BCUT2D eigenvalue weighted by Crippen LogP contribution is 2.44. The average Bonchev–Trinajstić information content (AvgIpc) is 2.30. The molecule has 0 aromatic heterocycles. The van der Waals surface area contributed by atoms with Crippen LogP contribution in [0.4, 0.5) is 0 Å². The Kier molecular flexibility index (Phi) is 4.48. The fraction of sp³-hybridized carbons (Fsp3) is 0.667. The molecular weight excluding hydrogens is 248 g/mol. The second kappa shape index (κ2) is 5.31. The monoisotopic (exact) mass is 278 g/mol. The predicted octanol–water partition coefficient (Wildman–Crippen LogP) is 4.97. The summed E-state index contributed by atoms with van der Waals surface area (Å²) in [5, 5.41) is 20.9. The van der Waals surface area contributed by atoms with E-state index >= 15 is 0 Å². The summed E-state index contributed by atoms with van der Waals surface area (Å²) in [6, 6.07) is 3.49. The fourth-order valence-electron chi connectivity index (χ4n) is 2.23. The van der Waals surface area contributed by atoms with E-state index in [1.54, 1.807) is 12.1 Å². The molecule has 114 valence electrons. The van der Waals surface area contributed by atoms with Crippen molar-refractivity contribution in [2.75, 3.05) is 0 Å². The van der Waals surface area contributed by atoms with Gasteiger partial charge >= 0.3 is 0 Å². The third-order valence-corrected chi connectivity index (χ3v) is 5.39. The van der Waals surface area contributed by atoms with Crippen LogP contribution in [0.2, 0.25) is 0 Å². The number of phenols is 2. The molecule has 0 aliphatic heterocycles. The van der Waals surface area contributed by atoms with Crippen LogP contribution in [0.15, 0.2) is 12.1 Å². The topological polar surface area (TPSA) is 40.5 Å². The Bertz CT molecular complexity index is 437. The van der Waals surface area contributed by atoms with E-state index in [1.807, 2.05) is 0 Å². The highest BCUT2D eigenvalue weighted by Gasteiger charge is 2.33. The molecule has 0 saturated carbocycles. The maximum absolute atomic E-state index is 10.4. The second-order valence-corrected chi connectivity index (χ2v) is 7.64. The summed E-state index contributed by atoms with van der Waals surface area (Å²) in [6.45, 7) is 16.9. The minimum absolute atomic E-state index is 0.179. The van der Waals surface area contributed by atoms with Gasteiger partial charge < -0.3 is 10.2 Å². The van der Waals surface area contributed by atoms with Gasteiger partial charge in [0.2, 0.25) is 0 Å². The normalized spacial score (nSPS) is 13.3. The number of hydrogen-bond acceptors (Lipinski definition) is 2. The van der Waals surface area contributed by atoms with Gasteiger partial charge in [0.25, 0.3) is 0 Å². The molecule has 2 nitrogen and oxygen atoms in total. The number of aromatic hydroxyl groups is 2. The van der Waals surface area contributed by atoms with Gasteiger partial charge in [0, 0.05) is 11.1 Å². The predicted molar refractivity (Wildman–Crippen MR) is 85.5 cm³/mol. The summed E-state index contributed by atoms with van der Waals surface area (Å²) >= 11 is 0. The van der Waals surface area contributed by atoms with Gasteiger partial charge in [0.05, 0.1) is 0 Å². The molecule has 0 amide bonds. The van der Waals surface area contributed by atoms with Gasteiger partial charge in [0.1, 0.15) is 11.5 Å². The standard InChI is InChI=1S/C18H30O2/c1-11(2)17(5,6)13-9-16(20)14(10-15(13)19)18(7,8)12(3)4/h9-12,19-20H,1-8H3. The van der Waals surface area contributed by atoms with Crippen molar-refractivity contribution < 1.29 is 10.2 Å². The van der Waals surface area contributed by atoms with Crippen molar-refractivity contribution in [2.24, 2.45) is 11.8 Å². The zero-order chi connectivity index (χ0) is 15.9. The van der Waals surface area contributed by atoms with Crippen LogP contribution in [0.3, 0.4) is 0 Å². The van der Waals surface area contributed by atoms with Crippen LogP contribution in [0.25, 0.3) is 0 Å². The molecule has 0 fully saturated rings. The van der Waals surface area contributed by atoms with Crippen LogP contribution in [0.5, 0.6) is 11.5 Å². The highest BCUT2D eigenvalue weighted by atomic mass is 16.3. The van der Waals surface area contributed by atoms with Gasteiger partial charge in [-0.1, -0.05) is 55.4 Å². The van der Waals surface area contributed by atoms with Gasteiger partial charge in [-0.15, -0.1) is 0 Å². The summed E-state index contributed by atoms with van der Waals surface area (Å²) in [4.78, 5) is 0. The van der Waals surface area contributed by atoms with Crippen LogP contribution in [0.1, 0.15) is 66.5 Å². The molecule has 1 aromatic carbocycles. The van der Waals surface area contributed by atoms with Crippen LogP contribution in [0, 0.1) is 11.8 Å².